The van der Waals surface area contributed by atoms with Gasteiger partial charge in [0.25, 0.3) is 0 Å². The Balaban J connectivity index is 2.01. The molecule has 1 saturated carbocycles. The molecule has 1 aliphatic rings. The molecule has 1 aromatic carbocycles. The molecule has 0 bridgehead atoms. The van der Waals surface area contributed by atoms with E-state index in [1.165, 1.54) is 0 Å². The SMILES string of the molecule is Cc1ccccc1CC(=O)N(CCC#N)C1CC1. The molecule has 2 rings (SSSR count). The summed E-state index contributed by atoms with van der Waals surface area (Å²) in [6.45, 7) is 2.60. The highest BCUT2D eigenvalue weighted by Gasteiger charge is 2.31. The fourth-order valence-electron chi connectivity index (χ4n) is 2.14. The molecule has 1 amide bonds. The van der Waals surface area contributed by atoms with Gasteiger partial charge in [0.2, 0.25) is 5.91 Å². The van der Waals surface area contributed by atoms with Crippen LogP contribution in [-0.2, 0) is 11.2 Å². The van der Waals surface area contributed by atoms with Crippen LogP contribution in [0.2, 0.25) is 0 Å². The zero-order chi connectivity index (χ0) is 13.0. The topological polar surface area (TPSA) is 44.1 Å². The second-order valence-electron chi connectivity index (χ2n) is 4.83. The number of nitrogens with zero attached hydrogens (tertiary/aromatic N) is 2. The predicted molar refractivity (Wildman–Crippen MR) is 69.8 cm³/mol. The minimum absolute atomic E-state index is 0.155. The molecule has 94 valence electrons. The van der Waals surface area contributed by atoms with Gasteiger partial charge in [-0.1, -0.05) is 24.3 Å². The highest BCUT2D eigenvalue weighted by molar-refractivity contribution is 5.79. The van der Waals surface area contributed by atoms with E-state index in [-0.39, 0.29) is 5.91 Å². The highest BCUT2D eigenvalue weighted by Crippen LogP contribution is 2.27. The van der Waals surface area contributed by atoms with Crippen molar-refractivity contribution in [2.75, 3.05) is 6.54 Å². The van der Waals surface area contributed by atoms with Gasteiger partial charge < -0.3 is 4.90 Å². The number of amides is 1. The molecule has 3 nitrogen and oxygen atoms in total. The number of carbonyl (C=O) groups is 1. The lowest BCUT2D eigenvalue weighted by Crippen LogP contribution is -2.35. The molecule has 1 fully saturated rings. The maximum Gasteiger partial charge on any atom is 0.227 e. The van der Waals surface area contributed by atoms with Crippen LogP contribution in [0, 0.1) is 18.3 Å². The van der Waals surface area contributed by atoms with Gasteiger partial charge in [-0.3, -0.25) is 4.79 Å². The third kappa shape index (κ3) is 3.10. The van der Waals surface area contributed by atoms with Crippen molar-refractivity contribution >= 4 is 5.91 Å². The maximum atomic E-state index is 12.3. The maximum absolute atomic E-state index is 12.3. The second-order valence-corrected chi connectivity index (χ2v) is 4.83. The molecule has 0 aromatic heterocycles. The standard InChI is InChI=1S/C15H18N2O/c1-12-5-2-3-6-13(12)11-15(18)17(10-4-9-16)14-7-8-14/h2-3,5-6,14H,4,7-8,10-11H2,1H3. The van der Waals surface area contributed by atoms with E-state index in [1.807, 2.05) is 36.1 Å². The van der Waals surface area contributed by atoms with Gasteiger partial charge in [0, 0.05) is 12.6 Å². The number of aryl methyl sites for hydroxylation is 1. The molecule has 0 spiro atoms. The minimum atomic E-state index is 0.155. The molecule has 3 heteroatoms. The first-order valence-corrected chi connectivity index (χ1v) is 6.43. The van der Waals surface area contributed by atoms with Crippen LogP contribution in [-0.4, -0.2) is 23.4 Å². The smallest absolute Gasteiger partial charge is 0.227 e. The third-order valence-corrected chi connectivity index (χ3v) is 3.38. The van der Waals surface area contributed by atoms with Crippen LogP contribution in [0.15, 0.2) is 24.3 Å². The molecule has 0 atom stereocenters. The zero-order valence-electron chi connectivity index (χ0n) is 10.7. The Morgan fingerprint density at radius 2 is 2.17 bits per heavy atom. The van der Waals surface area contributed by atoms with Crippen molar-refractivity contribution in [3.05, 3.63) is 35.4 Å². The Bertz CT molecular complexity index is 472. The van der Waals surface area contributed by atoms with E-state index in [0.717, 1.165) is 24.0 Å². The molecule has 18 heavy (non-hydrogen) atoms. The second kappa shape index (κ2) is 5.68. The minimum Gasteiger partial charge on any atom is -0.338 e. The largest absolute Gasteiger partial charge is 0.338 e. The Morgan fingerprint density at radius 3 is 2.78 bits per heavy atom. The molecule has 0 unspecified atom stereocenters. The quantitative estimate of drug-likeness (QED) is 0.796. The number of rotatable bonds is 5. The molecule has 0 saturated heterocycles. The van der Waals surface area contributed by atoms with Crippen molar-refractivity contribution in [2.45, 2.75) is 38.6 Å². The van der Waals surface area contributed by atoms with Gasteiger partial charge in [-0.25, -0.2) is 0 Å². The summed E-state index contributed by atoms with van der Waals surface area (Å²) in [7, 11) is 0. The summed E-state index contributed by atoms with van der Waals surface area (Å²) in [5.74, 6) is 0.155. The van der Waals surface area contributed by atoms with E-state index in [1.54, 1.807) is 0 Å². The molecule has 0 aliphatic heterocycles. The average molecular weight is 242 g/mol. The summed E-state index contributed by atoms with van der Waals surface area (Å²) in [5, 5.41) is 8.64. The van der Waals surface area contributed by atoms with Gasteiger partial charge in [-0.15, -0.1) is 0 Å². The average Bonchev–Trinajstić information content (AvgIpc) is 3.17. The number of hydrogen-bond donors (Lipinski definition) is 0. The van der Waals surface area contributed by atoms with Crippen LogP contribution in [0.5, 0.6) is 0 Å². The van der Waals surface area contributed by atoms with Gasteiger partial charge >= 0.3 is 0 Å². The Hall–Kier alpha value is -1.82. The zero-order valence-corrected chi connectivity index (χ0v) is 10.7. The lowest BCUT2D eigenvalue weighted by atomic mass is 10.1. The first kappa shape index (κ1) is 12.6. The van der Waals surface area contributed by atoms with Crippen LogP contribution >= 0.6 is 0 Å². The van der Waals surface area contributed by atoms with Crippen molar-refractivity contribution in [2.24, 2.45) is 0 Å². The normalized spacial score (nSPS) is 14.0. The summed E-state index contributed by atoms with van der Waals surface area (Å²) < 4.78 is 0. The van der Waals surface area contributed by atoms with Crippen molar-refractivity contribution in [3.8, 4) is 6.07 Å². The highest BCUT2D eigenvalue weighted by atomic mass is 16.2. The first-order chi connectivity index (χ1) is 8.72. The van der Waals surface area contributed by atoms with Gasteiger partial charge in [0.1, 0.15) is 0 Å². The van der Waals surface area contributed by atoms with E-state index >= 15 is 0 Å². The monoisotopic (exact) mass is 242 g/mol. The van der Waals surface area contributed by atoms with Crippen molar-refractivity contribution in [1.82, 2.24) is 4.90 Å². The molecule has 1 aromatic rings. The van der Waals surface area contributed by atoms with Crippen molar-refractivity contribution in [3.63, 3.8) is 0 Å². The van der Waals surface area contributed by atoms with E-state index in [0.29, 0.717) is 25.4 Å². The van der Waals surface area contributed by atoms with Crippen LogP contribution < -0.4 is 0 Å². The first-order valence-electron chi connectivity index (χ1n) is 6.43. The van der Waals surface area contributed by atoms with Crippen molar-refractivity contribution in [1.29, 1.82) is 5.26 Å². The van der Waals surface area contributed by atoms with Gasteiger partial charge in [-0.05, 0) is 30.9 Å². The molecular weight excluding hydrogens is 224 g/mol. The van der Waals surface area contributed by atoms with E-state index in [9.17, 15) is 4.79 Å². The van der Waals surface area contributed by atoms with Crippen LogP contribution in [0.1, 0.15) is 30.4 Å². The van der Waals surface area contributed by atoms with Crippen LogP contribution in [0.4, 0.5) is 0 Å². The number of nitriles is 1. The molecule has 0 heterocycles. The fraction of sp³-hybridized carbons (Fsp3) is 0.467. The summed E-state index contributed by atoms with van der Waals surface area (Å²) in [4.78, 5) is 14.2. The summed E-state index contributed by atoms with van der Waals surface area (Å²) in [6.07, 6.45) is 3.06. The van der Waals surface area contributed by atoms with Gasteiger partial charge in [0.15, 0.2) is 0 Å². The predicted octanol–water partition coefficient (Wildman–Crippen LogP) is 2.44. The van der Waals surface area contributed by atoms with Crippen molar-refractivity contribution < 1.29 is 4.79 Å². The summed E-state index contributed by atoms with van der Waals surface area (Å²) >= 11 is 0. The third-order valence-electron chi connectivity index (χ3n) is 3.38. The Kier molecular flexibility index (Phi) is 3.99. The molecule has 1 aliphatic carbocycles. The number of benzene rings is 1. The summed E-state index contributed by atoms with van der Waals surface area (Å²) in [5.41, 5.74) is 2.24. The lowest BCUT2D eigenvalue weighted by Gasteiger charge is -2.21. The van der Waals surface area contributed by atoms with Gasteiger partial charge in [-0.2, -0.15) is 5.26 Å². The fourth-order valence-corrected chi connectivity index (χ4v) is 2.14. The number of hydrogen-bond acceptors (Lipinski definition) is 2. The molecule has 0 radical (unpaired) electrons. The van der Waals surface area contributed by atoms with Gasteiger partial charge in [0.05, 0.1) is 18.9 Å². The molecular formula is C15H18N2O. The number of carbonyl (C=O) groups excluding carboxylic acids is 1. The van der Waals surface area contributed by atoms with Crippen LogP contribution in [0.3, 0.4) is 0 Å². The Morgan fingerprint density at radius 1 is 1.44 bits per heavy atom. The van der Waals surface area contributed by atoms with E-state index in [2.05, 4.69) is 6.07 Å². The lowest BCUT2D eigenvalue weighted by molar-refractivity contribution is -0.131. The molecule has 0 N–H and O–H groups in total. The Labute approximate surface area is 108 Å². The summed E-state index contributed by atoms with van der Waals surface area (Å²) in [6, 6.07) is 10.5. The van der Waals surface area contributed by atoms with E-state index in [4.69, 9.17) is 5.26 Å². The van der Waals surface area contributed by atoms with Crippen LogP contribution in [0.25, 0.3) is 0 Å². The van der Waals surface area contributed by atoms with E-state index < -0.39 is 0 Å².